The minimum absolute atomic E-state index is 0.112. The fraction of sp³-hybridized carbons (Fsp3) is 0.500. The lowest BCUT2D eigenvalue weighted by atomic mass is 10.2. The molecule has 0 atom stereocenters. The smallest absolute Gasteiger partial charge is 0.325 e. The van der Waals surface area contributed by atoms with Gasteiger partial charge in [0.25, 0.3) is 0 Å². The number of rotatable bonds is 5. The second-order valence-electron chi connectivity index (χ2n) is 2.77. The first-order valence-electron chi connectivity index (χ1n) is 4.06. The molecule has 2 N–H and O–H groups in total. The predicted molar refractivity (Wildman–Crippen MR) is 45.3 cm³/mol. The van der Waals surface area contributed by atoms with Gasteiger partial charge in [0.1, 0.15) is 6.54 Å². The molecule has 0 aromatic carbocycles. The summed E-state index contributed by atoms with van der Waals surface area (Å²) in [6, 6.07) is 0. The molecule has 0 aliphatic heterocycles. The average molecular weight is 184 g/mol. The number of nitrogens with zero attached hydrogens (tertiary/aromatic N) is 2. The zero-order chi connectivity index (χ0) is 9.68. The number of hydrogen-bond donors (Lipinski definition) is 2. The Morgan fingerprint density at radius 1 is 1.62 bits per heavy atom. The van der Waals surface area contributed by atoms with Crippen LogP contribution in [0.25, 0.3) is 0 Å². The average Bonchev–Trinajstić information content (AvgIpc) is 2.48. The van der Waals surface area contributed by atoms with E-state index in [-0.39, 0.29) is 13.2 Å². The Bertz CT molecular complexity index is 283. The highest BCUT2D eigenvalue weighted by Crippen LogP contribution is 2.01. The van der Waals surface area contributed by atoms with Crippen LogP contribution in [0.2, 0.25) is 0 Å². The number of aryl methyl sites for hydroxylation is 1. The van der Waals surface area contributed by atoms with Gasteiger partial charge in [-0.1, -0.05) is 0 Å². The molecule has 0 spiro atoms. The Kier molecular flexibility index (Phi) is 3.45. The van der Waals surface area contributed by atoms with E-state index in [1.165, 1.54) is 4.68 Å². The molecule has 0 aliphatic rings. The number of hydrogen-bond acceptors (Lipinski definition) is 3. The first-order valence-corrected chi connectivity index (χ1v) is 4.06. The highest BCUT2D eigenvalue weighted by Gasteiger charge is 2.01. The van der Waals surface area contributed by atoms with E-state index in [4.69, 9.17) is 10.2 Å². The number of aliphatic hydroxyl groups excluding tert-OH is 1. The number of carbonyl (C=O) groups is 1. The van der Waals surface area contributed by atoms with Crippen molar-refractivity contribution >= 4 is 5.97 Å². The zero-order valence-corrected chi connectivity index (χ0v) is 7.18. The third kappa shape index (κ3) is 3.25. The molecular formula is C8H12N2O3. The maximum Gasteiger partial charge on any atom is 0.325 e. The zero-order valence-electron chi connectivity index (χ0n) is 7.18. The van der Waals surface area contributed by atoms with Crippen LogP contribution in [-0.4, -0.2) is 32.6 Å². The normalized spacial score (nSPS) is 10.2. The van der Waals surface area contributed by atoms with Crippen molar-refractivity contribution in [1.29, 1.82) is 0 Å². The van der Waals surface area contributed by atoms with Gasteiger partial charge < -0.3 is 10.2 Å². The minimum atomic E-state index is -0.906. The molecule has 72 valence electrons. The lowest BCUT2D eigenvalue weighted by Crippen LogP contribution is -2.08. The molecular weight excluding hydrogens is 172 g/mol. The van der Waals surface area contributed by atoms with Crippen molar-refractivity contribution in [2.24, 2.45) is 0 Å². The number of aliphatic carboxylic acids is 1. The number of carboxylic acid groups (broad SMARTS) is 1. The molecule has 1 rings (SSSR count). The van der Waals surface area contributed by atoms with Gasteiger partial charge >= 0.3 is 5.97 Å². The van der Waals surface area contributed by atoms with Crippen LogP contribution in [0.4, 0.5) is 0 Å². The van der Waals surface area contributed by atoms with E-state index in [0.29, 0.717) is 6.42 Å². The van der Waals surface area contributed by atoms with E-state index in [1.807, 2.05) is 0 Å². The Balaban J connectivity index is 2.48. The van der Waals surface area contributed by atoms with Gasteiger partial charge in [-0.05, 0) is 18.4 Å². The van der Waals surface area contributed by atoms with Crippen molar-refractivity contribution in [2.45, 2.75) is 19.4 Å². The van der Waals surface area contributed by atoms with E-state index in [0.717, 1.165) is 12.0 Å². The van der Waals surface area contributed by atoms with Crippen LogP contribution in [-0.2, 0) is 17.8 Å². The Hall–Kier alpha value is -1.36. The summed E-state index contributed by atoms with van der Waals surface area (Å²) in [6.07, 6.45) is 4.72. The highest BCUT2D eigenvalue weighted by atomic mass is 16.4. The van der Waals surface area contributed by atoms with E-state index in [2.05, 4.69) is 5.10 Å². The van der Waals surface area contributed by atoms with E-state index >= 15 is 0 Å². The van der Waals surface area contributed by atoms with Crippen LogP contribution in [0.1, 0.15) is 12.0 Å². The van der Waals surface area contributed by atoms with Crippen molar-refractivity contribution in [2.75, 3.05) is 6.61 Å². The number of carboxylic acids is 1. The van der Waals surface area contributed by atoms with Crippen LogP contribution < -0.4 is 0 Å². The van der Waals surface area contributed by atoms with Gasteiger partial charge in [0, 0.05) is 12.8 Å². The largest absolute Gasteiger partial charge is 0.480 e. The fourth-order valence-corrected chi connectivity index (χ4v) is 1.04. The van der Waals surface area contributed by atoms with Crippen molar-refractivity contribution in [3.8, 4) is 0 Å². The predicted octanol–water partition coefficient (Wildman–Crippen LogP) is -0.107. The molecule has 0 saturated heterocycles. The molecule has 0 unspecified atom stereocenters. The van der Waals surface area contributed by atoms with Gasteiger partial charge in [0.05, 0.1) is 6.20 Å². The van der Waals surface area contributed by atoms with Crippen LogP contribution >= 0.6 is 0 Å². The van der Waals surface area contributed by atoms with E-state index in [1.54, 1.807) is 12.4 Å². The summed E-state index contributed by atoms with van der Waals surface area (Å²) in [5.41, 5.74) is 0.954. The fourth-order valence-electron chi connectivity index (χ4n) is 1.04. The Labute approximate surface area is 75.6 Å². The van der Waals surface area contributed by atoms with Crippen molar-refractivity contribution in [3.63, 3.8) is 0 Å². The van der Waals surface area contributed by atoms with Crippen LogP contribution in [0.3, 0.4) is 0 Å². The first kappa shape index (κ1) is 9.73. The highest BCUT2D eigenvalue weighted by molar-refractivity contribution is 5.66. The number of aliphatic hydroxyl groups is 1. The molecule has 0 radical (unpaired) electrons. The van der Waals surface area contributed by atoms with Gasteiger partial charge in [-0.2, -0.15) is 5.10 Å². The van der Waals surface area contributed by atoms with Crippen molar-refractivity contribution in [3.05, 3.63) is 18.0 Å². The number of aromatic nitrogens is 2. The Morgan fingerprint density at radius 2 is 2.38 bits per heavy atom. The molecule has 1 aromatic heterocycles. The summed E-state index contributed by atoms with van der Waals surface area (Å²) < 4.78 is 1.37. The Morgan fingerprint density at radius 3 is 3.00 bits per heavy atom. The second kappa shape index (κ2) is 4.61. The molecule has 1 heterocycles. The summed E-state index contributed by atoms with van der Waals surface area (Å²) in [4.78, 5) is 10.3. The van der Waals surface area contributed by atoms with Crippen LogP contribution in [0.5, 0.6) is 0 Å². The molecule has 0 bridgehead atoms. The van der Waals surface area contributed by atoms with Gasteiger partial charge in [-0.3, -0.25) is 9.48 Å². The maximum atomic E-state index is 10.3. The third-order valence-corrected chi connectivity index (χ3v) is 1.61. The maximum absolute atomic E-state index is 10.3. The second-order valence-corrected chi connectivity index (χ2v) is 2.77. The molecule has 5 nitrogen and oxygen atoms in total. The monoisotopic (exact) mass is 184 g/mol. The molecule has 0 fully saturated rings. The molecule has 0 amide bonds. The van der Waals surface area contributed by atoms with Crippen LogP contribution in [0.15, 0.2) is 12.4 Å². The summed E-state index contributed by atoms with van der Waals surface area (Å²) in [6.45, 7) is 0.0310. The molecule has 13 heavy (non-hydrogen) atoms. The van der Waals surface area contributed by atoms with E-state index < -0.39 is 5.97 Å². The SMILES string of the molecule is O=C(O)Cn1cc(CCCO)cn1. The van der Waals surface area contributed by atoms with Gasteiger partial charge in [0.2, 0.25) is 0 Å². The van der Waals surface area contributed by atoms with Gasteiger partial charge in [-0.15, -0.1) is 0 Å². The molecule has 0 saturated carbocycles. The summed E-state index contributed by atoms with van der Waals surface area (Å²) in [7, 11) is 0. The lowest BCUT2D eigenvalue weighted by Gasteiger charge is -1.94. The molecule has 0 aliphatic carbocycles. The van der Waals surface area contributed by atoms with E-state index in [9.17, 15) is 4.79 Å². The molecule has 5 heteroatoms. The van der Waals surface area contributed by atoms with Gasteiger partial charge in [-0.25, -0.2) is 0 Å². The molecule has 1 aromatic rings. The minimum Gasteiger partial charge on any atom is -0.480 e. The quantitative estimate of drug-likeness (QED) is 0.669. The van der Waals surface area contributed by atoms with Crippen molar-refractivity contribution in [1.82, 2.24) is 9.78 Å². The van der Waals surface area contributed by atoms with Gasteiger partial charge in [0.15, 0.2) is 0 Å². The topological polar surface area (TPSA) is 75.3 Å². The first-order chi connectivity index (χ1) is 6.22. The van der Waals surface area contributed by atoms with Crippen LogP contribution in [0, 0.1) is 0 Å². The van der Waals surface area contributed by atoms with Crippen molar-refractivity contribution < 1.29 is 15.0 Å². The third-order valence-electron chi connectivity index (χ3n) is 1.61. The summed E-state index contributed by atoms with van der Waals surface area (Å²) in [5, 5.41) is 20.9. The summed E-state index contributed by atoms with van der Waals surface area (Å²) in [5.74, 6) is -0.906. The summed E-state index contributed by atoms with van der Waals surface area (Å²) >= 11 is 0. The standard InChI is InChI=1S/C8H12N2O3/c11-3-1-2-7-4-9-10(5-7)6-8(12)13/h4-5,11H,1-3,6H2,(H,12,13). The lowest BCUT2D eigenvalue weighted by molar-refractivity contribution is -0.137.